The molecule has 112 valence electrons. The highest BCUT2D eigenvalue weighted by Gasteiger charge is 2.33. The van der Waals surface area contributed by atoms with Gasteiger partial charge in [0.1, 0.15) is 6.04 Å². The molecule has 7 nitrogen and oxygen atoms in total. The third-order valence-electron chi connectivity index (χ3n) is 3.47. The highest BCUT2D eigenvalue weighted by atomic mass is 16.2. The van der Waals surface area contributed by atoms with Crippen LogP contribution in [0.4, 0.5) is 11.4 Å². The van der Waals surface area contributed by atoms with Gasteiger partial charge < -0.3 is 16.0 Å². The third kappa shape index (κ3) is 2.81. The smallest absolute Gasteiger partial charge is 0.251 e. The highest BCUT2D eigenvalue weighted by molar-refractivity contribution is 6.05. The minimum atomic E-state index is -0.482. The lowest BCUT2D eigenvalue weighted by atomic mass is 10.1. The van der Waals surface area contributed by atoms with Crippen molar-refractivity contribution in [3.8, 4) is 0 Å². The fourth-order valence-electron chi connectivity index (χ4n) is 2.40. The van der Waals surface area contributed by atoms with Crippen molar-refractivity contribution in [3.05, 3.63) is 23.8 Å². The summed E-state index contributed by atoms with van der Waals surface area (Å²) in [5.74, 6) is -0.981. The Morgan fingerprint density at radius 1 is 1.48 bits per heavy atom. The summed E-state index contributed by atoms with van der Waals surface area (Å²) in [6.07, 6.45) is 0.531. The van der Waals surface area contributed by atoms with Crippen molar-refractivity contribution in [3.63, 3.8) is 0 Å². The summed E-state index contributed by atoms with van der Waals surface area (Å²) >= 11 is 0. The van der Waals surface area contributed by atoms with Crippen molar-refractivity contribution in [1.29, 1.82) is 0 Å². The molecule has 0 spiro atoms. The Morgan fingerprint density at radius 3 is 2.81 bits per heavy atom. The molecule has 1 aromatic carbocycles. The van der Waals surface area contributed by atoms with Gasteiger partial charge in [-0.25, -0.2) is 0 Å². The number of benzene rings is 1. The number of imide groups is 1. The van der Waals surface area contributed by atoms with Crippen molar-refractivity contribution in [2.45, 2.75) is 19.4 Å². The Kier molecular flexibility index (Phi) is 4.11. The first kappa shape index (κ1) is 14.8. The van der Waals surface area contributed by atoms with E-state index in [9.17, 15) is 14.4 Å². The Labute approximate surface area is 122 Å². The summed E-state index contributed by atoms with van der Waals surface area (Å²) in [5.41, 5.74) is 7.32. The van der Waals surface area contributed by atoms with Gasteiger partial charge in [-0.1, -0.05) is 6.92 Å². The van der Waals surface area contributed by atoms with Crippen LogP contribution in [0, 0.1) is 0 Å². The van der Waals surface area contributed by atoms with Crippen molar-refractivity contribution in [2.75, 3.05) is 24.2 Å². The summed E-state index contributed by atoms with van der Waals surface area (Å²) in [7, 11) is 1.53. The summed E-state index contributed by atoms with van der Waals surface area (Å²) < 4.78 is 0. The average molecular weight is 290 g/mol. The fourth-order valence-corrected chi connectivity index (χ4v) is 2.40. The van der Waals surface area contributed by atoms with Crippen LogP contribution in [0.3, 0.4) is 0 Å². The molecule has 3 amide bonds. The maximum absolute atomic E-state index is 11.9. The predicted octanol–water partition coefficient (Wildman–Crippen LogP) is -0.130. The Balaban J connectivity index is 2.45. The topological polar surface area (TPSA) is 105 Å². The third-order valence-corrected chi connectivity index (χ3v) is 3.47. The van der Waals surface area contributed by atoms with E-state index >= 15 is 0 Å². The minimum absolute atomic E-state index is 0.0334. The lowest BCUT2D eigenvalue weighted by Gasteiger charge is -2.36. The molecule has 21 heavy (non-hydrogen) atoms. The van der Waals surface area contributed by atoms with Gasteiger partial charge in [-0.05, 0) is 24.6 Å². The van der Waals surface area contributed by atoms with E-state index in [1.54, 1.807) is 23.1 Å². The molecule has 1 saturated heterocycles. The molecule has 1 aliphatic rings. The zero-order valence-corrected chi connectivity index (χ0v) is 12.0. The lowest BCUT2D eigenvalue weighted by molar-refractivity contribution is -0.132. The Morgan fingerprint density at radius 2 is 2.19 bits per heavy atom. The predicted molar refractivity (Wildman–Crippen MR) is 78.8 cm³/mol. The van der Waals surface area contributed by atoms with Crippen LogP contribution in [-0.4, -0.2) is 37.4 Å². The molecule has 2 rings (SSSR count). The van der Waals surface area contributed by atoms with E-state index in [0.717, 1.165) is 0 Å². The molecule has 1 atom stereocenters. The fraction of sp³-hybridized carbons (Fsp3) is 0.357. The number of nitrogens with one attached hydrogen (secondary N) is 2. The number of nitrogen functional groups attached to an aromatic ring is 1. The quantitative estimate of drug-likeness (QED) is 0.531. The van der Waals surface area contributed by atoms with Crippen LogP contribution in [-0.2, 0) is 9.59 Å². The summed E-state index contributed by atoms with van der Waals surface area (Å²) in [5, 5.41) is 4.84. The number of nitrogens with two attached hydrogens (primary N) is 1. The van der Waals surface area contributed by atoms with E-state index in [1.807, 2.05) is 6.92 Å². The van der Waals surface area contributed by atoms with Crippen molar-refractivity contribution in [2.24, 2.45) is 0 Å². The number of hydrogen-bond donors (Lipinski definition) is 3. The molecule has 1 heterocycles. The van der Waals surface area contributed by atoms with E-state index in [2.05, 4.69) is 10.6 Å². The van der Waals surface area contributed by atoms with Crippen molar-refractivity contribution >= 4 is 29.1 Å². The number of carbonyl (C=O) groups is 3. The standard InChI is InChI=1S/C14H18N4O3/c1-3-10-14(21)17-12(19)7-18(10)11-6-8(13(20)16-2)4-5-9(11)15/h4-6,10H,3,7,15H2,1-2H3,(H,16,20)(H,17,19,21). The highest BCUT2D eigenvalue weighted by Crippen LogP contribution is 2.28. The summed E-state index contributed by atoms with van der Waals surface area (Å²) in [6, 6.07) is 4.32. The second-order valence-electron chi connectivity index (χ2n) is 4.82. The van der Waals surface area contributed by atoms with Crippen LogP contribution in [0.1, 0.15) is 23.7 Å². The van der Waals surface area contributed by atoms with Gasteiger partial charge >= 0.3 is 0 Å². The van der Waals surface area contributed by atoms with Gasteiger partial charge in [0.05, 0.1) is 17.9 Å². The van der Waals surface area contributed by atoms with E-state index < -0.39 is 6.04 Å². The van der Waals surface area contributed by atoms with Gasteiger partial charge in [0.25, 0.3) is 5.91 Å². The Bertz CT molecular complexity index is 600. The molecule has 1 aromatic rings. The molecule has 0 bridgehead atoms. The maximum atomic E-state index is 11.9. The summed E-state index contributed by atoms with van der Waals surface area (Å²) in [4.78, 5) is 36.9. The van der Waals surface area contributed by atoms with Gasteiger partial charge in [0.2, 0.25) is 11.8 Å². The normalized spacial score (nSPS) is 18.4. The van der Waals surface area contributed by atoms with E-state index in [0.29, 0.717) is 23.4 Å². The van der Waals surface area contributed by atoms with Gasteiger partial charge in [-0.3, -0.25) is 19.7 Å². The molecule has 7 heteroatoms. The van der Waals surface area contributed by atoms with Crippen LogP contribution < -0.4 is 21.3 Å². The average Bonchev–Trinajstić information content (AvgIpc) is 2.46. The molecule has 0 saturated carbocycles. The van der Waals surface area contributed by atoms with E-state index in [1.165, 1.54) is 7.05 Å². The largest absolute Gasteiger partial charge is 0.397 e. The van der Waals surface area contributed by atoms with Crippen LogP contribution in [0.15, 0.2) is 18.2 Å². The number of anilines is 2. The Hall–Kier alpha value is -2.57. The number of carbonyl (C=O) groups excluding carboxylic acids is 3. The number of nitrogens with zero attached hydrogens (tertiary/aromatic N) is 1. The van der Waals surface area contributed by atoms with Crippen molar-refractivity contribution in [1.82, 2.24) is 10.6 Å². The van der Waals surface area contributed by atoms with Crippen LogP contribution in [0.25, 0.3) is 0 Å². The number of rotatable bonds is 3. The van der Waals surface area contributed by atoms with Gasteiger partial charge in [0, 0.05) is 12.6 Å². The van der Waals surface area contributed by atoms with Crippen molar-refractivity contribution < 1.29 is 14.4 Å². The molecule has 0 radical (unpaired) electrons. The van der Waals surface area contributed by atoms with Gasteiger partial charge in [-0.2, -0.15) is 0 Å². The number of piperazine rings is 1. The first-order chi connectivity index (χ1) is 9.97. The van der Waals surface area contributed by atoms with Gasteiger partial charge in [-0.15, -0.1) is 0 Å². The van der Waals surface area contributed by atoms with E-state index in [4.69, 9.17) is 5.73 Å². The van der Waals surface area contributed by atoms with Crippen LogP contribution in [0.2, 0.25) is 0 Å². The maximum Gasteiger partial charge on any atom is 0.251 e. The number of amides is 3. The molecule has 0 aromatic heterocycles. The molecular formula is C14H18N4O3. The second-order valence-corrected chi connectivity index (χ2v) is 4.82. The summed E-state index contributed by atoms with van der Waals surface area (Å²) in [6.45, 7) is 1.89. The molecule has 1 unspecified atom stereocenters. The zero-order valence-electron chi connectivity index (χ0n) is 12.0. The molecule has 1 aliphatic heterocycles. The van der Waals surface area contributed by atoms with Crippen LogP contribution >= 0.6 is 0 Å². The molecular weight excluding hydrogens is 272 g/mol. The molecule has 4 N–H and O–H groups in total. The molecule has 1 fully saturated rings. The minimum Gasteiger partial charge on any atom is -0.397 e. The monoisotopic (exact) mass is 290 g/mol. The number of hydrogen-bond acceptors (Lipinski definition) is 5. The van der Waals surface area contributed by atoms with E-state index in [-0.39, 0.29) is 24.3 Å². The lowest BCUT2D eigenvalue weighted by Crippen LogP contribution is -2.58. The van der Waals surface area contributed by atoms with Gasteiger partial charge in [0.15, 0.2) is 0 Å². The second kappa shape index (κ2) is 5.82. The van der Waals surface area contributed by atoms with Crippen LogP contribution in [0.5, 0.6) is 0 Å². The SMILES string of the molecule is CCC1C(=O)NC(=O)CN1c1cc(C(=O)NC)ccc1N. The zero-order chi connectivity index (χ0) is 15.6. The first-order valence-corrected chi connectivity index (χ1v) is 6.69. The first-order valence-electron chi connectivity index (χ1n) is 6.69. The molecule has 0 aliphatic carbocycles.